The van der Waals surface area contributed by atoms with Gasteiger partial charge in [0.15, 0.2) is 5.96 Å². The molecule has 28 heavy (non-hydrogen) atoms. The van der Waals surface area contributed by atoms with Crippen LogP contribution in [0.2, 0.25) is 0 Å². The average Bonchev–Trinajstić information content (AvgIpc) is 2.75. The van der Waals surface area contributed by atoms with E-state index in [1.54, 1.807) is 0 Å². The molecule has 1 aliphatic rings. The zero-order valence-electron chi connectivity index (χ0n) is 17.3. The molecule has 0 amide bonds. The number of nitrogens with zero attached hydrogens (tertiary/aromatic N) is 4. The number of anilines is 1. The second-order valence-corrected chi connectivity index (χ2v) is 7.21. The zero-order chi connectivity index (χ0) is 19.8. The highest BCUT2D eigenvalue weighted by molar-refractivity contribution is 5.79. The Labute approximate surface area is 168 Å². The fourth-order valence-corrected chi connectivity index (χ4v) is 3.44. The van der Waals surface area contributed by atoms with E-state index in [4.69, 9.17) is 0 Å². The van der Waals surface area contributed by atoms with Crippen molar-refractivity contribution in [3.63, 3.8) is 0 Å². The Kier molecular flexibility index (Phi) is 7.25. The van der Waals surface area contributed by atoms with Crippen molar-refractivity contribution in [3.05, 3.63) is 59.3 Å². The van der Waals surface area contributed by atoms with Crippen molar-refractivity contribution < 1.29 is 0 Å². The summed E-state index contributed by atoms with van der Waals surface area (Å²) in [4.78, 5) is 13.6. The summed E-state index contributed by atoms with van der Waals surface area (Å²) in [6.07, 6.45) is 2.94. The fraction of sp³-hybridized carbons (Fsp3) is 0.455. The van der Waals surface area contributed by atoms with Gasteiger partial charge < -0.3 is 20.4 Å². The number of aromatic nitrogens is 1. The second kappa shape index (κ2) is 10.1. The Hall–Kier alpha value is -2.60. The lowest BCUT2D eigenvalue weighted by atomic mass is 10.1. The van der Waals surface area contributed by atoms with E-state index in [1.807, 2.05) is 13.2 Å². The van der Waals surface area contributed by atoms with E-state index in [0.29, 0.717) is 0 Å². The molecule has 150 valence electrons. The lowest BCUT2D eigenvalue weighted by molar-refractivity contribution is 0.312. The molecule has 6 nitrogen and oxygen atoms in total. The van der Waals surface area contributed by atoms with Crippen LogP contribution in [0.3, 0.4) is 0 Å². The zero-order valence-corrected chi connectivity index (χ0v) is 17.3. The fourth-order valence-electron chi connectivity index (χ4n) is 3.44. The van der Waals surface area contributed by atoms with Crippen molar-refractivity contribution in [2.24, 2.45) is 4.99 Å². The lowest BCUT2D eigenvalue weighted by Gasteiger charge is -2.33. The summed E-state index contributed by atoms with van der Waals surface area (Å²) in [5.41, 5.74) is 3.89. The minimum absolute atomic E-state index is 0.721. The smallest absolute Gasteiger partial charge is 0.191 e. The van der Waals surface area contributed by atoms with Gasteiger partial charge in [-0.3, -0.25) is 4.99 Å². The molecule has 1 fully saturated rings. The number of rotatable bonds is 6. The first-order valence-corrected chi connectivity index (χ1v) is 10.1. The maximum atomic E-state index is 4.56. The molecule has 0 bridgehead atoms. The Balaban J connectivity index is 1.54. The maximum absolute atomic E-state index is 4.56. The van der Waals surface area contributed by atoms with Gasteiger partial charge in [0.2, 0.25) is 0 Å². The minimum Gasteiger partial charge on any atom is -0.354 e. The van der Waals surface area contributed by atoms with E-state index >= 15 is 0 Å². The van der Waals surface area contributed by atoms with Crippen molar-refractivity contribution >= 4 is 11.8 Å². The van der Waals surface area contributed by atoms with Crippen LogP contribution in [0.1, 0.15) is 23.6 Å². The molecule has 3 rings (SSSR count). The molecular weight excluding hydrogens is 348 g/mol. The number of benzene rings is 1. The van der Waals surface area contributed by atoms with E-state index in [2.05, 4.69) is 80.8 Å². The van der Waals surface area contributed by atoms with Gasteiger partial charge in [-0.1, -0.05) is 31.2 Å². The van der Waals surface area contributed by atoms with Crippen LogP contribution >= 0.6 is 0 Å². The molecule has 0 atom stereocenters. The van der Waals surface area contributed by atoms with Crippen molar-refractivity contribution in [1.82, 2.24) is 20.5 Å². The molecule has 0 aliphatic carbocycles. The summed E-state index contributed by atoms with van der Waals surface area (Å²) in [5.74, 6) is 1.87. The van der Waals surface area contributed by atoms with Gasteiger partial charge in [-0.05, 0) is 42.3 Å². The summed E-state index contributed by atoms with van der Waals surface area (Å²) in [6.45, 7) is 7.90. The molecule has 6 heteroatoms. The summed E-state index contributed by atoms with van der Waals surface area (Å²) < 4.78 is 0. The predicted octanol–water partition coefficient (Wildman–Crippen LogP) is 2.26. The second-order valence-electron chi connectivity index (χ2n) is 7.21. The number of nitrogens with one attached hydrogen (secondary N) is 2. The van der Waals surface area contributed by atoms with Crippen molar-refractivity contribution in [2.45, 2.75) is 26.4 Å². The highest BCUT2D eigenvalue weighted by atomic mass is 15.3. The van der Waals surface area contributed by atoms with Crippen LogP contribution in [0.15, 0.2) is 47.6 Å². The molecule has 1 aromatic carbocycles. The SMILES string of the molecule is CCc1ccccc1CNC(=NC)NCc1ccnc(N2CCN(C)CC2)c1. The Bertz CT molecular complexity index is 780. The third-order valence-corrected chi connectivity index (χ3v) is 5.27. The Morgan fingerprint density at radius 1 is 1.04 bits per heavy atom. The summed E-state index contributed by atoms with van der Waals surface area (Å²) in [7, 11) is 3.98. The first-order chi connectivity index (χ1) is 13.7. The van der Waals surface area contributed by atoms with Crippen molar-refractivity contribution in [3.8, 4) is 0 Å². The monoisotopic (exact) mass is 380 g/mol. The number of piperazine rings is 1. The Morgan fingerprint density at radius 3 is 2.46 bits per heavy atom. The van der Waals surface area contributed by atoms with Crippen LogP contribution in [0, 0.1) is 0 Å². The molecule has 1 aromatic heterocycles. The molecule has 2 heterocycles. The van der Waals surface area contributed by atoms with Crippen molar-refractivity contribution in [2.75, 3.05) is 45.2 Å². The van der Waals surface area contributed by atoms with Gasteiger partial charge >= 0.3 is 0 Å². The highest BCUT2D eigenvalue weighted by Crippen LogP contribution is 2.14. The number of hydrogen-bond donors (Lipinski definition) is 2. The van der Waals surface area contributed by atoms with E-state index in [-0.39, 0.29) is 0 Å². The van der Waals surface area contributed by atoms with Gasteiger partial charge in [-0.2, -0.15) is 0 Å². The van der Waals surface area contributed by atoms with Gasteiger partial charge in [0, 0.05) is 52.5 Å². The van der Waals surface area contributed by atoms with E-state index in [1.165, 1.54) is 16.7 Å². The summed E-state index contributed by atoms with van der Waals surface area (Å²) in [6, 6.07) is 12.8. The highest BCUT2D eigenvalue weighted by Gasteiger charge is 2.15. The molecule has 0 radical (unpaired) electrons. The summed E-state index contributed by atoms with van der Waals surface area (Å²) in [5, 5.41) is 6.84. The molecular formula is C22H32N6. The normalized spacial score (nSPS) is 15.5. The molecule has 1 saturated heterocycles. The van der Waals surface area contributed by atoms with Crippen LogP contribution in [-0.4, -0.2) is 56.1 Å². The number of guanidine groups is 1. The standard InChI is InChI=1S/C22H32N6/c1-4-19-7-5-6-8-20(19)17-26-22(23-2)25-16-18-9-10-24-21(15-18)28-13-11-27(3)12-14-28/h5-10,15H,4,11-14,16-17H2,1-3H3,(H2,23,25,26). The van der Waals surface area contributed by atoms with Gasteiger partial charge in [-0.25, -0.2) is 4.98 Å². The average molecular weight is 381 g/mol. The molecule has 0 spiro atoms. The quantitative estimate of drug-likeness (QED) is 0.595. The van der Waals surface area contributed by atoms with Crippen LogP contribution in [-0.2, 0) is 19.5 Å². The number of likely N-dealkylation sites (N-methyl/N-ethyl adjacent to an activating group) is 1. The van der Waals surface area contributed by atoms with Crippen molar-refractivity contribution in [1.29, 1.82) is 0 Å². The van der Waals surface area contributed by atoms with Gasteiger partial charge in [-0.15, -0.1) is 0 Å². The largest absolute Gasteiger partial charge is 0.354 e. The van der Waals surface area contributed by atoms with Crippen LogP contribution in [0.4, 0.5) is 5.82 Å². The molecule has 0 unspecified atom stereocenters. The number of hydrogen-bond acceptors (Lipinski definition) is 4. The molecule has 1 aliphatic heterocycles. The van der Waals surface area contributed by atoms with E-state index < -0.39 is 0 Å². The maximum Gasteiger partial charge on any atom is 0.191 e. The third kappa shape index (κ3) is 5.45. The number of pyridine rings is 1. The van der Waals surface area contributed by atoms with E-state index in [0.717, 1.165) is 57.5 Å². The Morgan fingerprint density at radius 2 is 1.75 bits per heavy atom. The summed E-state index contributed by atoms with van der Waals surface area (Å²) >= 11 is 0. The van der Waals surface area contributed by atoms with Crippen LogP contribution < -0.4 is 15.5 Å². The molecule has 0 saturated carbocycles. The van der Waals surface area contributed by atoms with Crippen LogP contribution in [0.5, 0.6) is 0 Å². The topological polar surface area (TPSA) is 55.8 Å². The third-order valence-electron chi connectivity index (χ3n) is 5.27. The minimum atomic E-state index is 0.721. The molecule has 2 N–H and O–H groups in total. The van der Waals surface area contributed by atoms with Gasteiger partial charge in [0.05, 0.1) is 0 Å². The molecule has 2 aromatic rings. The van der Waals surface area contributed by atoms with Gasteiger partial charge in [0.1, 0.15) is 5.82 Å². The van der Waals surface area contributed by atoms with Crippen LogP contribution in [0.25, 0.3) is 0 Å². The first kappa shape index (κ1) is 20.1. The number of aryl methyl sites for hydroxylation is 1. The van der Waals surface area contributed by atoms with E-state index in [9.17, 15) is 0 Å². The first-order valence-electron chi connectivity index (χ1n) is 10.1. The van der Waals surface area contributed by atoms with Gasteiger partial charge in [0.25, 0.3) is 0 Å². The predicted molar refractivity (Wildman–Crippen MR) is 117 cm³/mol. The number of aliphatic imine (C=N–C) groups is 1. The lowest BCUT2D eigenvalue weighted by Crippen LogP contribution is -2.44.